The minimum absolute atomic E-state index is 0.113. The first-order valence-corrected chi connectivity index (χ1v) is 11.2. The first kappa shape index (κ1) is 20.6. The highest BCUT2D eigenvalue weighted by Crippen LogP contribution is 2.52. The van der Waals surface area contributed by atoms with Crippen molar-refractivity contribution in [1.82, 2.24) is 0 Å². The van der Waals surface area contributed by atoms with Crippen LogP contribution in [-0.2, 0) is 10.8 Å². The molecule has 30 heavy (non-hydrogen) atoms. The topological polar surface area (TPSA) is 3.24 Å². The lowest BCUT2D eigenvalue weighted by atomic mass is 9.86. The summed E-state index contributed by atoms with van der Waals surface area (Å²) in [5.74, 6) is 2.72. The third kappa shape index (κ3) is 3.75. The molecular formula is C28H29NS. The van der Waals surface area contributed by atoms with Gasteiger partial charge in [0.2, 0.25) is 0 Å². The highest BCUT2D eigenvalue weighted by molar-refractivity contribution is 7.99. The Kier molecular flexibility index (Phi) is 4.99. The van der Waals surface area contributed by atoms with E-state index in [1.54, 1.807) is 0 Å². The van der Waals surface area contributed by atoms with Crippen molar-refractivity contribution in [3.63, 3.8) is 0 Å². The Bertz CT molecular complexity index is 1070. The second kappa shape index (κ2) is 7.25. The molecule has 0 spiro atoms. The third-order valence-corrected chi connectivity index (χ3v) is 6.74. The van der Waals surface area contributed by atoms with Gasteiger partial charge in [-0.3, -0.25) is 0 Å². The summed E-state index contributed by atoms with van der Waals surface area (Å²) in [7, 11) is 0. The standard InChI is InChI=1S/C28H29NS/c1-8-19-9-13-22(14-10-19)29-23-15-11-20(27(2,3)4)17-25(23)30-26-18-21(28(5,6)7)12-16-24(26)29/h1,9-18H,2-7H3. The van der Waals surface area contributed by atoms with E-state index >= 15 is 0 Å². The highest BCUT2D eigenvalue weighted by Gasteiger charge is 2.28. The van der Waals surface area contributed by atoms with E-state index in [1.807, 2.05) is 23.9 Å². The molecule has 0 saturated carbocycles. The summed E-state index contributed by atoms with van der Waals surface area (Å²) >= 11 is 1.88. The Morgan fingerprint density at radius 3 is 1.57 bits per heavy atom. The normalized spacial score (nSPS) is 13.4. The number of fused-ring (bicyclic) bond motifs is 2. The average Bonchev–Trinajstić information content (AvgIpc) is 2.70. The van der Waals surface area contributed by atoms with E-state index in [9.17, 15) is 0 Å². The predicted molar refractivity (Wildman–Crippen MR) is 131 cm³/mol. The first-order chi connectivity index (χ1) is 14.1. The van der Waals surface area contributed by atoms with Crippen molar-refractivity contribution >= 4 is 28.8 Å². The number of benzene rings is 3. The van der Waals surface area contributed by atoms with E-state index in [2.05, 4.69) is 101 Å². The molecule has 0 unspecified atom stereocenters. The van der Waals surface area contributed by atoms with Crippen LogP contribution in [0.3, 0.4) is 0 Å². The van der Waals surface area contributed by atoms with Crippen LogP contribution >= 0.6 is 11.8 Å². The fourth-order valence-electron chi connectivity index (χ4n) is 3.73. The summed E-state index contributed by atoms with van der Waals surface area (Å²) in [6.45, 7) is 13.6. The molecule has 0 aromatic heterocycles. The van der Waals surface area contributed by atoms with Crippen molar-refractivity contribution in [1.29, 1.82) is 0 Å². The molecule has 0 amide bonds. The molecule has 0 bridgehead atoms. The molecule has 1 aliphatic heterocycles. The Balaban J connectivity index is 1.91. The van der Waals surface area contributed by atoms with Crippen LogP contribution < -0.4 is 4.90 Å². The van der Waals surface area contributed by atoms with Crippen LogP contribution in [0.5, 0.6) is 0 Å². The van der Waals surface area contributed by atoms with Crippen LogP contribution in [0.2, 0.25) is 0 Å². The van der Waals surface area contributed by atoms with Crippen molar-refractivity contribution < 1.29 is 0 Å². The minimum Gasteiger partial charge on any atom is -0.308 e. The summed E-state index contributed by atoms with van der Waals surface area (Å²) in [6, 6.07) is 22.0. The van der Waals surface area contributed by atoms with Crippen LogP contribution in [0.25, 0.3) is 0 Å². The first-order valence-electron chi connectivity index (χ1n) is 10.4. The second-order valence-corrected chi connectivity index (χ2v) is 11.1. The van der Waals surface area contributed by atoms with Gasteiger partial charge in [0, 0.05) is 21.0 Å². The zero-order valence-corrected chi connectivity index (χ0v) is 19.5. The van der Waals surface area contributed by atoms with Crippen molar-refractivity contribution in [2.24, 2.45) is 0 Å². The quantitative estimate of drug-likeness (QED) is 0.290. The molecule has 1 heterocycles. The van der Waals surface area contributed by atoms with Gasteiger partial charge in [-0.1, -0.05) is 71.4 Å². The van der Waals surface area contributed by atoms with Gasteiger partial charge >= 0.3 is 0 Å². The molecule has 3 aromatic carbocycles. The van der Waals surface area contributed by atoms with Crippen LogP contribution in [0.15, 0.2) is 70.5 Å². The Morgan fingerprint density at radius 2 is 1.17 bits per heavy atom. The maximum Gasteiger partial charge on any atom is 0.0601 e. The van der Waals surface area contributed by atoms with Crippen LogP contribution in [0.1, 0.15) is 58.2 Å². The molecule has 1 nitrogen and oxygen atoms in total. The summed E-state index contributed by atoms with van der Waals surface area (Å²) in [6.07, 6.45) is 5.58. The zero-order valence-electron chi connectivity index (χ0n) is 18.7. The molecule has 0 atom stereocenters. The van der Waals surface area contributed by atoms with E-state index < -0.39 is 0 Å². The summed E-state index contributed by atoms with van der Waals surface area (Å²) in [5.41, 5.74) is 7.40. The molecule has 4 rings (SSSR count). The van der Waals surface area contributed by atoms with Gasteiger partial charge in [-0.25, -0.2) is 0 Å². The highest BCUT2D eigenvalue weighted by atomic mass is 32.2. The van der Waals surface area contributed by atoms with Gasteiger partial charge in [0.05, 0.1) is 11.4 Å². The van der Waals surface area contributed by atoms with Gasteiger partial charge in [0.15, 0.2) is 0 Å². The van der Waals surface area contributed by atoms with Gasteiger partial charge in [0.1, 0.15) is 0 Å². The summed E-state index contributed by atoms with van der Waals surface area (Å²) < 4.78 is 0. The molecule has 2 heteroatoms. The average molecular weight is 412 g/mol. The fourth-order valence-corrected chi connectivity index (χ4v) is 4.86. The van der Waals surface area contributed by atoms with Gasteiger partial charge in [-0.15, -0.1) is 6.42 Å². The van der Waals surface area contributed by atoms with Gasteiger partial charge in [-0.05, 0) is 70.5 Å². The van der Waals surface area contributed by atoms with E-state index in [0.29, 0.717) is 0 Å². The Morgan fingerprint density at radius 1 is 0.700 bits per heavy atom. The van der Waals surface area contributed by atoms with Crippen LogP contribution in [0, 0.1) is 12.3 Å². The number of hydrogen-bond acceptors (Lipinski definition) is 2. The molecule has 0 radical (unpaired) electrons. The monoisotopic (exact) mass is 411 g/mol. The molecule has 0 aliphatic carbocycles. The lowest BCUT2D eigenvalue weighted by molar-refractivity contribution is 0.588. The lowest BCUT2D eigenvalue weighted by Crippen LogP contribution is -2.18. The number of anilines is 3. The van der Waals surface area contributed by atoms with Crippen molar-refractivity contribution in [2.75, 3.05) is 4.90 Å². The fraction of sp³-hybridized carbons (Fsp3) is 0.286. The second-order valence-electron chi connectivity index (χ2n) is 9.99. The minimum atomic E-state index is 0.113. The number of terminal acetylenes is 1. The molecule has 3 aromatic rings. The molecule has 0 saturated heterocycles. The lowest BCUT2D eigenvalue weighted by Gasteiger charge is -2.35. The summed E-state index contributed by atoms with van der Waals surface area (Å²) in [5, 5.41) is 0. The van der Waals surface area contributed by atoms with Crippen molar-refractivity contribution in [3.8, 4) is 12.3 Å². The van der Waals surface area contributed by atoms with Crippen molar-refractivity contribution in [3.05, 3.63) is 77.4 Å². The predicted octanol–water partition coefficient (Wildman–Crippen LogP) is 8.20. The maximum atomic E-state index is 5.58. The molecule has 1 aliphatic rings. The van der Waals surface area contributed by atoms with Gasteiger partial charge < -0.3 is 4.90 Å². The molecule has 0 fully saturated rings. The Hall–Kier alpha value is -2.63. The number of rotatable bonds is 1. The third-order valence-electron chi connectivity index (χ3n) is 5.65. The van der Waals surface area contributed by atoms with E-state index in [4.69, 9.17) is 6.42 Å². The maximum absolute atomic E-state index is 5.58. The molecule has 0 N–H and O–H groups in total. The Labute approximate surface area is 185 Å². The van der Waals surface area contributed by atoms with Crippen molar-refractivity contribution in [2.45, 2.75) is 62.2 Å². The van der Waals surface area contributed by atoms with Crippen LogP contribution in [-0.4, -0.2) is 0 Å². The van der Waals surface area contributed by atoms with E-state index in [1.165, 1.54) is 32.3 Å². The van der Waals surface area contributed by atoms with Crippen LogP contribution in [0.4, 0.5) is 17.1 Å². The summed E-state index contributed by atoms with van der Waals surface area (Å²) in [4.78, 5) is 4.95. The zero-order chi connectivity index (χ0) is 21.7. The largest absolute Gasteiger partial charge is 0.308 e. The van der Waals surface area contributed by atoms with Gasteiger partial charge in [-0.2, -0.15) is 0 Å². The van der Waals surface area contributed by atoms with E-state index in [-0.39, 0.29) is 10.8 Å². The molecular weight excluding hydrogens is 382 g/mol. The van der Waals surface area contributed by atoms with E-state index in [0.717, 1.165) is 11.3 Å². The molecule has 152 valence electrons. The smallest absolute Gasteiger partial charge is 0.0601 e. The SMILES string of the molecule is C#Cc1ccc(N2c3ccc(C(C)(C)C)cc3Sc3cc(C(C)(C)C)ccc32)cc1. The number of nitrogens with zero attached hydrogens (tertiary/aromatic N) is 1. The van der Waals surface area contributed by atoms with Gasteiger partial charge in [0.25, 0.3) is 0 Å². The number of hydrogen-bond donors (Lipinski definition) is 0.